The molecule has 0 spiro atoms. The summed E-state index contributed by atoms with van der Waals surface area (Å²) in [5.41, 5.74) is 2.95. The Balaban J connectivity index is 1.92. The number of aryl methyl sites for hydroxylation is 1. The lowest BCUT2D eigenvalue weighted by atomic mass is 9.98. The Morgan fingerprint density at radius 1 is 1.42 bits per heavy atom. The number of hydrogen-bond donors (Lipinski definition) is 0. The van der Waals surface area contributed by atoms with Crippen molar-refractivity contribution in [2.45, 2.75) is 45.6 Å². The molecular weight excluding hydrogens is 324 g/mol. The molecule has 0 N–H and O–H groups in total. The summed E-state index contributed by atoms with van der Waals surface area (Å²) in [6.07, 6.45) is 3.51. The molecule has 24 heavy (non-hydrogen) atoms. The number of aromatic nitrogens is 1. The van der Waals surface area contributed by atoms with Gasteiger partial charge in [-0.15, -0.1) is 0 Å². The molecule has 1 saturated heterocycles. The summed E-state index contributed by atoms with van der Waals surface area (Å²) in [5, 5.41) is 1.58. The quantitative estimate of drug-likeness (QED) is 0.559. The van der Waals surface area contributed by atoms with Gasteiger partial charge in [0, 0.05) is 17.5 Å². The lowest BCUT2D eigenvalue weighted by Crippen LogP contribution is -2.32. The highest BCUT2D eigenvalue weighted by Gasteiger charge is 2.34. The number of benzene rings is 1. The minimum Gasteiger partial charge on any atom is -0.449 e. The molecule has 0 saturated carbocycles. The van der Waals surface area contributed by atoms with E-state index in [0.717, 1.165) is 47.7 Å². The van der Waals surface area contributed by atoms with Gasteiger partial charge >= 0.3 is 6.09 Å². The van der Waals surface area contributed by atoms with Crippen LogP contribution in [0.4, 0.5) is 4.79 Å². The van der Waals surface area contributed by atoms with E-state index in [4.69, 9.17) is 16.3 Å². The number of pyridine rings is 1. The fraction of sp³-hybridized carbons (Fsp3) is 0.474. The molecule has 1 amide bonds. The van der Waals surface area contributed by atoms with Gasteiger partial charge in [-0.2, -0.15) is 0 Å². The molecule has 4 nitrogen and oxygen atoms in total. The van der Waals surface area contributed by atoms with Gasteiger partial charge in [0.15, 0.2) is 0 Å². The third-order valence-corrected chi connectivity index (χ3v) is 4.99. The molecule has 1 fully saturated rings. The van der Waals surface area contributed by atoms with Crippen LogP contribution in [0.5, 0.6) is 0 Å². The third kappa shape index (κ3) is 3.20. The summed E-state index contributed by atoms with van der Waals surface area (Å²) < 4.78 is 5.41. The summed E-state index contributed by atoms with van der Waals surface area (Å²) in [4.78, 5) is 18.8. The van der Waals surface area contributed by atoms with E-state index in [2.05, 4.69) is 24.9 Å². The van der Waals surface area contributed by atoms with Gasteiger partial charge < -0.3 is 9.64 Å². The molecule has 1 atom stereocenters. The molecule has 2 aromatic rings. The van der Waals surface area contributed by atoms with Crippen molar-refractivity contribution in [3.8, 4) is 0 Å². The smallest absolute Gasteiger partial charge is 0.410 e. The van der Waals surface area contributed by atoms with Crippen LogP contribution >= 0.6 is 11.6 Å². The average molecular weight is 347 g/mol. The average Bonchev–Trinajstić information content (AvgIpc) is 3.04. The van der Waals surface area contributed by atoms with Gasteiger partial charge in [0.1, 0.15) is 5.15 Å². The first-order valence-electron chi connectivity index (χ1n) is 8.61. The van der Waals surface area contributed by atoms with Gasteiger partial charge in [0.2, 0.25) is 0 Å². The molecule has 1 aliphatic heterocycles. The van der Waals surface area contributed by atoms with Crippen LogP contribution in [0.25, 0.3) is 10.9 Å². The van der Waals surface area contributed by atoms with Crippen LogP contribution in [0, 0.1) is 6.92 Å². The predicted octanol–water partition coefficient (Wildman–Crippen LogP) is 5.27. The zero-order chi connectivity index (χ0) is 17.1. The van der Waals surface area contributed by atoms with E-state index in [1.165, 1.54) is 0 Å². The van der Waals surface area contributed by atoms with Crippen LogP contribution in [-0.2, 0) is 4.74 Å². The first-order valence-corrected chi connectivity index (χ1v) is 8.99. The van der Waals surface area contributed by atoms with Gasteiger partial charge in [0.05, 0.1) is 18.2 Å². The summed E-state index contributed by atoms with van der Waals surface area (Å²) in [6.45, 7) is 5.32. The molecular formula is C19H23ClN2O2. The van der Waals surface area contributed by atoms with Gasteiger partial charge in [-0.25, -0.2) is 9.78 Å². The number of fused-ring (bicyclic) bond motifs is 1. The Morgan fingerprint density at radius 2 is 2.21 bits per heavy atom. The van der Waals surface area contributed by atoms with Crippen molar-refractivity contribution in [3.63, 3.8) is 0 Å². The Hall–Kier alpha value is -1.81. The first-order chi connectivity index (χ1) is 11.6. The van der Waals surface area contributed by atoms with Gasteiger partial charge in [-0.3, -0.25) is 0 Å². The topological polar surface area (TPSA) is 42.4 Å². The number of amides is 1. The summed E-state index contributed by atoms with van der Waals surface area (Å²) in [7, 11) is 0. The van der Waals surface area contributed by atoms with Crippen LogP contribution < -0.4 is 0 Å². The number of ether oxygens (including phenoxy) is 1. The molecule has 3 rings (SSSR count). The molecule has 1 aliphatic rings. The molecule has 0 aliphatic carbocycles. The van der Waals surface area contributed by atoms with E-state index < -0.39 is 0 Å². The molecule has 0 bridgehead atoms. The van der Waals surface area contributed by atoms with Crippen molar-refractivity contribution < 1.29 is 9.53 Å². The van der Waals surface area contributed by atoms with E-state index in [0.29, 0.717) is 18.3 Å². The summed E-state index contributed by atoms with van der Waals surface area (Å²) >= 11 is 6.50. The monoisotopic (exact) mass is 346 g/mol. The number of rotatable bonds is 4. The third-order valence-electron chi connectivity index (χ3n) is 4.70. The van der Waals surface area contributed by atoms with Crippen LogP contribution in [0.15, 0.2) is 24.3 Å². The number of nitrogens with zero attached hydrogens (tertiary/aromatic N) is 2. The van der Waals surface area contributed by atoms with Gasteiger partial charge in [0.25, 0.3) is 0 Å². The normalized spacial score (nSPS) is 17.5. The number of carbonyl (C=O) groups excluding carboxylic acids is 1. The van der Waals surface area contributed by atoms with E-state index >= 15 is 0 Å². The number of unbranched alkanes of at least 4 members (excludes halogenated alkanes) is 1. The molecule has 128 valence electrons. The molecule has 5 heteroatoms. The number of halogens is 1. The maximum Gasteiger partial charge on any atom is 0.410 e. The van der Waals surface area contributed by atoms with E-state index in [-0.39, 0.29) is 12.1 Å². The highest BCUT2D eigenvalue weighted by atomic mass is 35.5. The second kappa shape index (κ2) is 7.39. The van der Waals surface area contributed by atoms with E-state index in [1.807, 2.05) is 18.2 Å². The Bertz CT molecular complexity index is 747. The van der Waals surface area contributed by atoms with Crippen LogP contribution in [-0.4, -0.2) is 29.1 Å². The van der Waals surface area contributed by atoms with Crippen molar-refractivity contribution in [2.75, 3.05) is 13.2 Å². The van der Waals surface area contributed by atoms with Crippen LogP contribution in [0.3, 0.4) is 0 Å². The Morgan fingerprint density at radius 3 is 3.00 bits per heavy atom. The van der Waals surface area contributed by atoms with Crippen LogP contribution in [0.2, 0.25) is 5.15 Å². The highest BCUT2D eigenvalue weighted by Crippen LogP contribution is 2.39. The number of para-hydroxylation sites is 1. The van der Waals surface area contributed by atoms with Crippen molar-refractivity contribution >= 4 is 28.6 Å². The largest absolute Gasteiger partial charge is 0.449 e. The number of carbonyl (C=O) groups is 1. The fourth-order valence-electron chi connectivity index (χ4n) is 3.41. The minimum absolute atomic E-state index is 0.0521. The maximum absolute atomic E-state index is 12.4. The van der Waals surface area contributed by atoms with Crippen molar-refractivity contribution in [1.82, 2.24) is 9.88 Å². The second-order valence-electron chi connectivity index (χ2n) is 6.28. The molecule has 1 aromatic heterocycles. The molecule has 0 unspecified atom stereocenters. The Kier molecular flexibility index (Phi) is 5.24. The Labute approximate surface area is 147 Å². The zero-order valence-electron chi connectivity index (χ0n) is 14.2. The molecule has 0 radical (unpaired) electrons. The lowest BCUT2D eigenvalue weighted by Gasteiger charge is -2.26. The minimum atomic E-state index is -0.241. The fourth-order valence-corrected chi connectivity index (χ4v) is 3.77. The summed E-state index contributed by atoms with van der Waals surface area (Å²) in [5.74, 6) is 0. The van der Waals surface area contributed by atoms with E-state index in [1.54, 1.807) is 4.90 Å². The zero-order valence-corrected chi connectivity index (χ0v) is 15.0. The summed E-state index contributed by atoms with van der Waals surface area (Å²) in [6, 6.07) is 7.92. The van der Waals surface area contributed by atoms with Crippen molar-refractivity contribution in [2.24, 2.45) is 0 Å². The lowest BCUT2D eigenvalue weighted by molar-refractivity contribution is 0.0968. The molecule has 1 aromatic carbocycles. The standard InChI is InChI=1S/C19H23ClN2O2/c1-3-4-12-24-19(23)22-11-7-10-16(22)17-13(2)14-8-5-6-9-15(14)21-18(17)20/h5-6,8-9,16H,3-4,7,10-12H2,1-2H3/t16-/m0/s1. The highest BCUT2D eigenvalue weighted by molar-refractivity contribution is 6.30. The molecule has 2 heterocycles. The second-order valence-corrected chi connectivity index (χ2v) is 6.64. The SMILES string of the molecule is CCCCOC(=O)N1CCC[C@H]1c1c(Cl)nc2ccccc2c1C. The number of likely N-dealkylation sites (tertiary alicyclic amines) is 1. The van der Waals surface area contributed by atoms with Crippen LogP contribution in [0.1, 0.15) is 49.8 Å². The van der Waals surface area contributed by atoms with Gasteiger partial charge in [-0.1, -0.05) is 43.1 Å². The number of hydrogen-bond acceptors (Lipinski definition) is 3. The van der Waals surface area contributed by atoms with Crippen molar-refractivity contribution in [3.05, 3.63) is 40.5 Å². The van der Waals surface area contributed by atoms with Crippen molar-refractivity contribution in [1.29, 1.82) is 0 Å². The maximum atomic E-state index is 12.4. The van der Waals surface area contributed by atoms with Gasteiger partial charge in [-0.05, 0) is 37.8 Å². The first kappa shape index (κ1) is 17.0. The predicted molar refractivity (Wildman–Crippen MR) is 96.4 cm³/mol. The van der Waals surface area contributed by atoms with E-state index in [9.17, 15) is 4.79 Å².